The van der Waals surface area contributed by atoms with E-state index < -0.39 is 0 Å². The average Bonchev–Trinajstić information content (AvgIpc) is 3.23. The molecule has 0 aliphatic carbocycles. The summed E-state index contributed by atoms with van der Waals surface area (Å²) >= 11 is 3.17. The smallest absolute Gasteiger partial charge is 0.249 e. The second-order valence-electron chi connectivity index (χ2n) is 5.08. The minimum atomic E-state index is -0.174. The summed E-state index contributed by atoms with van der Waals surface area (Å²) in [6.45, 7) is 3.18. The Morgan fingerprint density at radius 3 is 3.12 bits per heavy atom. The van der Waals surface area contributed by atoms with Crippen molar-refractivity contribution in [1.82, 2.24) is 10.3 Å². The number of nitrogens with one attached hydrogen (secondary N) is 1. The highest BCUT2D eigenvalue weighted by Crippen LogP contribution is 2.17. The van der Waals surface area contributed by atoms with Gasteiger partial charge in [-0.15, -0.1) is 11.3 Å². The van der Waals surface area contributed by atoms with Gasteiger partial charge in [0, 0.05) is 17.2 Å². The van der Waals surface area contributed by atoms with E-state index in [1.807, 2.05) is 36.6 Å². The minimum Gasteiger partial charge on any atom is -0.487 e. The van der Waals surface area contributed by atoms with E-state index >= 15 is 0 Å². The van der Waals surface area contributed by atoms with Crippen LogP contribution in [0.4, 0.5) is 0 Å². The van der Waals surface area contributed by atoms with Crippen molar-refractivity contribution in [3.8, 4) is 5.75 Å². The fourth-order valence-corrected chi connectivity index (χ4v) is 3.40. The number of carbonyl (C=O) groups is 1. The molecular weight excluding hydrogens is 342 g/mol. The number of hydrogen-bond donors (Lipinski definition) is 1. The van der Waals surface area contributed by atoms with Crippen LogP contribution in [0.5, 0.6) is 5.75 Å². The lowest BCUT2D eigenvalue weighted by Crippen LogP contribution is -2.25. The standard InChI is InChI=1S/C17H17N3O2S2/c1-12-19-14(11-24-12)10-22-15-4-2-3-13(9-15)5-6-16(21)20-17-18-7-8-23-17/h2-6,9,11H,7-8,10H2,1H3,(H,18,20,21). The van der Waals surface area contributed by atoms with Gasteiger partial charge in [0.2, 0.25) is 5.91 Å². The molecule has 0 saturated carbocycles. The summed E-state index contributed by atoms with van der Waals surface area (Å²) in [6.07, 6.45) is 3.26. The second kappa shape index (κ2) is 8.12. The monoisotopic (exact) mass is 359 g/mol. The van der Waals surface area contributed by atoms with Gasteiger partial charge in [0.25, 0.3) is 0 Å². The first-order valence-electron chi connectivity index (χ1n) is 7.49. The zero-order valence-electron chi connectivity index (χ0n) is 13.2. The number of amides is 1. The van der Waals surface area contributed by atoms with Crippen LogP contribution in [0, 0.1) is 6.92 Å². The maximum Gasteiger partial charge on any atom is 0.249 e. The molecule has 0 saturated heterocycles. The van der Waals surface area contributed by atoms with Gasteiger partial charge < -0.3 is 10.1 Å². The Morgan fingerprint density at radius 1 is 1.46 bits per heavy atom. The second-order valence-corrected chi connectivity index (χ2v) is 7.22. The summed E-state index contributed by atoms with van der Waals surface area (Å²) in [7, 11) is 0. The number of carbonyl (C=O) groups excluding carboxylic acids is 1. The highest BCUT2D eigenvalue weighted by atomic mass is 32.2. The van der Waals surface area contributed by atoms with Gasteiger partial charge >= 0.3 is 0 Å². The van der Waals surface area contributed by atoms with Gasteiger partial charge in [-0.1, -0.05) is 23.9 Å². The predicted molar refractivity (Wildman–Crippen MR) is 99.6 cm³/mol. The van der Waals surface area contributed by atoms with E-state index in [4.69, 9.17) is 4.74 Å². The Bertz CT molecular complexity index is 784. The maximum absolute atomic E-state index is 11.8. The molecule has 0 atom stereocenters. The zero-order valence-corrected chi connectivity index (χ0v) is 14.8. The number of hydrogen-bond acceptors (Lipinski definition) is 6. The summed E-state index contributed by atoms with van der Waals surface area (Å²) < 4.78 is 5.75. The molecule has 0 fully saturated rings. The Kier molecular flexibility index (Phi) is 5.66. The number of aryl methyl sites for hydroxylation is 1. The van der Waals surface area contributed by atoms with E-state index in [2.05, 4.69) is 15.3 Å². The molecule has 0 radical (unpaired) electrons. The van der Waals surface area contributed by atoms with Gasteiger partial charge in [0.15, 0.2) is 5.17 Å². The lowest BCUT2D eigenvalue weighted by atomic mass is 10.2. The first kappa shape index (κ1) is 16.7. The third-order valence-electron chi connectivity index (χ3n) is 3.15. The normalized spacial score (nSPS) is 14.0. The zero-order chi connectivity index (χ0) is 16.8. The fraction of sp³-hybridized carbons (Fsp3) is 0.235. The Morgan fingerprint density at radius 2 is 2.38 bits per heavy atom. The van der Waals surface area contributed by atoms with Crippen molar-refractivity contribution in [1.29, 1.82) is 0 Å². The molecule has 1 amide bonds. The molecule has 1 aromatic carbocycles. The van der Waals surface area contributed by atoms with E-state index in [1.165, 1.54) is 6.08 Å². The van der Waals surface area contributed by atoms with Crippen LogP contribution in [0.3, 0.4) is 0 Å². The maximum atomic E-state index is 11.8. The van der Waals surface area contributed by atoms with Crippen molar-refractivity contribution in [2.45, 2.75) is 13.5 Å². The molecule has 5 nitrogen and oxygen atoms in total. The van der Waals surface area contributed by atoms with E-state index in [1.54, 1.807) is 29.2 Å². The highest BCUT2D eigenvalue weighted by Gasteiger charge is 2.08. The first-order chi connectivity index (χ1) is 11.7. The van der Waals surface area contributed by atoms with E-state index in [9.17, 15) is 4.79 Å². The number of aromatic nitrogens is 1. The van der Waals surface area contributed by atoms with Crippen LogP contribution in [-0.2, 0) is 11.4 Å². The Hall–Kier alpha value is -2.12. The molecule has 3 rings (SSSR count). The molecule has 0 spiro atoms. The molecule has 24 heavy (non-hydrogen) atoms. The number of nitrogens with zero attached hydrogens (tertiary/aromatic N) is 2. The molecule has 2 aromatic rings. The van der Waals surface area contributed by atoms with Crippen LogP contribution in [0.1, 0.15) is 16.3 Å². The quantitative estimate of drug-likeness (QED) is 0.832. The van der Waals surface area contributed by atoms with E-state index in [0.29, 0.717) is 11.8 Å². The number of ether oxygens (including phenoxy) is 1. The topological polar surface area (TPSA) is 63.6 Å². The third-order valence-corrected chi connectivity index (χ3v) is 4.87. The van der Waals surface area contributed by atoms with Crippen LogP contribution in [-0.4, -0.2) is 28.4 Å². The van der Waals surface area contributed by atoms with Crippen molar-refractivity contribution >= 4 is 40.2 Å². The van der Waals surface area contributed by atoms with Crippen molar-refractivity contribution in [3.05, 3.63) is 52.0 Å². The molecule has 2 heterocycles. The van der Waals surface area contributed by atoms with Gasteiger partial charge in [-0.3, -0.25) is 9.79 Å². The molecular formula is C17H17N3O2S2. The number of benzene rings is 1. The highest BCUT2D eigenvalue weighted by molar-refractivity contribution is 8.14. The SMILES string of the molecule is Cc1nc(COc2cccc(C=CC(=O)NC3=NCCS3)c2)cs1. The largest absolute Gasteiger partial charge is 0.487 e. The van der Waals surface area contributed by atoms with Crippen LogP contribution in [0.15, 0.2) is 40.7 Å². The van der Waals surface area contributed by atoms with Crippen molar-refractivity contribution in [2.24, 2.45) is 4.99 Å². The summed E-state index contributed by atoms with van der Waals surface area (Å²) in [4.78, 5) is 20.4. The average molecular weight is 359 g/mol. The molecule has 0 bridgehead atoms. The van der Waals surface area contributed by atoms with E-state index in [0.717, 1.165) is 34.3 Å². The minimum absolute atomic E-state index is 0.174. The predicted octanol–water partition coefficient (Wildman–Crippen LogP) is 3.26. The molecule has 0 unspecified atom stereocenters. The van der Waals surface area contributed by atoms with Crippen LogP contribution in [0.2, 0.25) is 0 Å². The van der Waals surface area contributed by atoms with Crippen molar-refractivity contribution in [3.63, 3.8) is 0 Å². The molecule has 124 valence electrons. The molecule has 1 aromatic heterocycles. The summed E-state index contributed by atoms with van der Waals surface area (Å²) in [6, 6.07) is 7.60. The number of amidine groups is 1. The van der Waals surface area contributed by atoms with Crippen LogP contribution < -0.4 is 10.1 Å². The van der Waals surface area contributed by atoms with Crippen molar-refractivity contribution < 1.29 is 9.53 Å². The van der Waals surface area contributed by atoms with Crippen LogP contribution in [0.25, 0.3) is 6.08 Å². The summed E-state index contributed by atoms with van der Waals surface area (Å²) in [5.41, 5.74) is 1.82. The Labute approximate surface area is 148 Å². The van der Waals surface area contributed by atoms with Crippen molar-refractivity contribution in [2.75, 3.05) is 12.3 Å². The summed E-state index contributed by atoms with van der Waals surface area (Å²) in [5.74, 6) is 1.50. The molecule has 7 heteroatoms. The Balaban J connectivity index is 1.56. The van der Waals surface area contributed by atoms with Gasteiger partial charge in [-0.25, -0.2) is 4.98 Å². The fourth-order valence-electron chi connectivity index (χ4n) is 2.07. The van der Waals surface area contributed by atoms with Gasteiger partial charge in [0.1, 0.15) is 12.4 Å². The number of aliphatic imine (C=N–C) groups is 1. The number of thioether (sulfide) groups is 1. The van der Waals surface area contributed by atoms with Crippen LogP contribution >= 0.6 is 23.1 Å². The third kappa shape index (κ3) is 4.94. The first-order valence-corrected chi connectivity index (χ1v) is 9.36. The lowest BCUT2D eigenvalue weighted by Gasteiger charge is -2.05. The van der Waals surface area contributed by atoms with E-state index in [-0.39, 0.29) is 5.91 Å². The van der Waals surface area contributed by atoms with Gasteiger partial charge in [-0.05, 0) is 30.7 Å². The lowest BCUT2D eigenvalue weighted by molar-refractivity contribution is -0.115. The summed E-state index contributed by atoms with van der Waals surface area (Å²) in [5, 5.41) is 6.48. The molecule has 1 aliphatic heterocycles. The number of thiazole rings is 1. The molecule has 1 N–H and O–H groups in total. The van der Waals surface area contributed by atoms with Gasteiger partial charge in [-0.2, -0.15) is 0 Å². The molecule has 1 aliphatic rings. The van der Waals surface area contributed by atoms with Gasteiger partial charge in [0.05, 0.1) is 17.2 Å². The number of rotatable bonds is 5.